The molecule has 0 aromatic heterocycles. The first-order valence-corrected chi connectivity index (χ1v) is 6.20. The smallest absolute Gasteiger partial charge is 0.328 e. The molecule has 20 heavy (non-hydrogen) atoms. The first-order valence-electron chi connectivity index (χ1n) is 6.20. The molecule has 1 rings (SSSR count). The minimum atomic E-state index is -1.07. The van der Waals surface area contributed by atoms with E-state index >= 15 is 0 Å². The summed E-state index contributed by atoms with van der Waals surface area (Å²) >= 11 is 0. The monoisotopic (exact) mass is 276 g/mol. The predicted octanol–water partition coefficient (Wildman–Crippen LogP) is 2.66. The lowest BCUT2D eigenvalue weighted by Crippen LogP contribution is -2.28. The van der Waals surface area contributed by atoms with E-state index in [-0.39, 0.29) is 6.04 Å². The second-order valence-electron chi connectivity index (χ2n) is 4.69. The highest BCUT2D eigenvalue weighted by atomic mass is 19.1. The average molecular weight is 276 g/mol. The quantitative estimate of drug-likeness (QED) is 0.811. The average Bonchev–Trinajstić information content (AvgIpc) is 2.36. The highest BCUT2D eigenvalue weighted by Crippen LogP contribution is 2.14. The lowest BCUT2D eigenvalue weighted by molar-refractivity contribution is -0.131. The van der Waals surface area contributed by atoms with Gasteiger partial charge in [-0.3, -0.25) is 4.90 Å². The van der Waals surface area contributed by atoms with E-state index in [1.165, 1.54) is 18.2 Å². The second kappa shape index (κ2) is 7.41. The van der Waals surface area contributed by atoms with E-state index in [0.29, 0.717) is 18.5 Å². The van der Waals surface area contributed by atoms with Crippen LogP contribution in [0.3, 0.4) is 0 Å². The van der Waals surface area contributed by atoms with Crippen LogP contribution in [0.25, 0.3) is 6.08 Å². The third-order valence-corrected chi connectivity index (χ3v) is 2.97. The standard InChI is InChI=1S/C15H17FN2O2/c1-11(5-6-17)18(2)10-13-7-12(3-4-15(19)20)8-14(16)9-13/h3-4,7-9,11H,5,10H2,1-2H3,(H,19,20). The maximum absolute atomic E-state index is 13.5. The molecule has 0 aliphatic heterocycles. The van der Waals surface area contributed by atoms with Crippen LogP contribution in [0.15, 0.2) is 24.3 Å². The Morgan fingerprint density at radius 1 is 1.55 bits per heavy atom. The summed E-state index contributed by atoms with van der Waals surface area (Å²) in [6.07, 6.45) is 2.73. The van der Waals surface area contributed by atoms with Gasteiger partial charge in [0.15, 0.2) is 0 Å². The summed E-state index contributed by atoms with van der Waals surface area (Å²) in [6.45, 7) is 2.42. The van der Waals surface area contributed by atoms with Crippen LogP contribution in [-0.2, 0) is 11.3 Å². The Morgan fingerprint density at radius 3 is 2.85 bits per heavy atom. The number of hydrogen-bond acceptors (Lipinski definition) is 3. The first-order chi connectivity index (χ1) is 9.42. The number of carboxylic acid groups (broad SMARTS) is 1. The van der Waals surface area contributed by atoms with E-state index in [0.717, 1.165) is 11.6 Å². The van der Waals surface area contributed by atoms with Crippen molar-refractivity contribution in [3.63, 3.8) is 0 Å². The van der Waals surface area contributed by atoms with Crippen LogP contribution in [-0.4, -0.2) is 29.1 Å². The molecule has 0 saturated heterocycles. The minimum Gasteiger partial charge on any atom is -0.478 e. The van der Waals surface area contributed by atoms with Crippen molar-refractivity contribution >= 4 is 12.0 Å². The van der Waals surface area contributed by atoms with Gasteiger partial charge >= 0.3 is 5.97 Å². The number of benzene rings is 1. The summed E-state index contributed by atoms with van der Waals surface area (Å²) in [5.74, 6) is -1.48. The van der Waals surface area contributed by atoms with Gasteiger partial charge < -0.3 is 5.11 Å². The van der Waals surface area contributed by atoms with Crippen molar-refractivity contribution in [2.24, 2.45) is 0 Å². The number of halogens is 1. The zero-order valence-electron chi connectivity index (χ0n) is 11.5. The molecule has 1 unspecified atom stereocenters. The van der Waals surface area contributed by atoms with Gasteiger partial charge in [0.05, 0.1) is 12.5 Å². The van der Waals surface area contributed by atoms with Crippen LogP contribution in [0, 0.1) is 17.1 Å². The Bertz CT molecular complexity index is 549. The molecule has 0 saturated carbocycles. The second-order valence-corrected chi connectivity index (χ2v) is 4.69. The normalized spacial score (nSPS) is 12.6. The Labute approximate surface area is 117 Å². The van der Waals surface area contributed by atoms with Crippen LogP contribution in [0.4, 0.5) is 4.39 Å². The molecule has 0 spiro atoms. The van der Waals surface area contributed by atoms with E-state index in [4.69, 9.17) is 10.4 Å². The number of carbonyl (C=O) groups is 1. The van der Waals surface area contributed by atoms with Gasteiger partial charge in [-0.15, -0.1) is 0 Å². The molecule has 1 N–H and O–H groups in total. The van der Waals surface area contributed by atoms with Gasteiger partial charge in [0, 0.05) is 18.7 Å². The topological polar surface area (TPSA) is 64.3 Å². The minimum absolute atomic E-state index is 0.0706. The maximum atomic E-state index is 13.5. The summed E-state index contributed by atoms with van der Waals surface area (Å²) in [6, 6.07) is 6.59. The van der Waals surface area contributed by atoms with Crippen molar-refractivity contribution in [1.29, 1.82) is 5.26 Å². The molecule has 1 atom stereocenters. The Hall–Kier alpha value is -2.19. The van der Waals surface area contributed by atoms with Crippen molar-refractivity contribution in [2.75, 3.05) is 7.05 Å². The fourth-order valence-electron chi connectivity index (χ4n) is 1.76. The van der Waals surface area contributed by atoms with E-state index < -0.39 is 11.8 Å². The van der Waals surface area contributed by atoms with Crippen LogP contribution in [0.2, 0.25) is 0 Å². The number of carboxylic acids is 1. The van der Waals surface area contributed by atoms with Crippen LogP contribution in [0.5, 0.6) is 0 Å². The molecule has 1 aromatic carbocycles. The molecule has 0 heterocycles. The van der Waals surface area contributed by atoms with E-state index in [1.54, 1.807) is 6.07 Å². The lowest BCUT2D eigenvalue weighted by Gasteiger charge is -2.22. The third-order valence-electron chi connectivity index (χ3n) is 2.97. The molecule has 0 aliphatic carbocycles. The van der Waals surface area contributed by atoms with Gasteiger partial charge in [-0.2, -0.15) is 5.26 Å². The van der Waals surface area contributed by atoms with E-state index in [1.807, 2.05) is 18.9 Å². The van der Waals surface area contributed by atoms with Crippen molar-refractivity contribution in [3.8, 4) is 6.07 Å². The SMILES string of the molecule is CC(CC#N)N(C)Cc1cc(F)cc(C=CC(=O)O)c1. The van der Waals surface area contributed by atoms with E-state index in [2.05, 4.69) is 6.07 Å². The number of aliphatic carboxylic acids is 1. The van der Waals surface area contributed by atoms with Gasteiger partial charge in [0.25, 0.3) is 0 Å². The summed E-state index contributed by atoms with van der Waals surface area (Å²) in [7, 11) is 1.86. The molecular weight excluding hydrogens is 259 g/mol. The predicted molar refractivity (Wildman–Crippen MR) is 74.2 cm³/mol. The zero-order chi connectivity index (χ0) is 15.1. The molecule has 1 aromatic rings. The molecular formula is C15H17FN2O2. The molecule has 0 bridgehead atoms. The van der Waals surface area contributed by atoms with E-state index in [9.17, 15) is 9.18 Å². The van der Waals surface area contributed by atoms with Gasteiger partial charge in [0.1, 0.15) is 5.82 Å². The summed E-state index contributed by atoms with van der Waals surface area (Å²) < 4.78 is 13.5. The Morgan fingerprint density at radius 2 is 2.25 bits per heavy atom. The fraction of sp³-hybridized carbons (Fsp3) is 0.333. The van der Waals surface area contributed by atoms with Crippen molar-refractivity contribution in [1.82, 2.24) is 4.90 Å². The third kappa shape index (κ3) is 5.21. The van der Waals surface area contributed by atoms with Crippen molar-refractivity contribution in [2.45, 2.75) is 25.9 Å². The van der Waals surface area contributed by atoms with Gasteiger partial charge in [-0.1, -0.05) is 6.07 Å². The number of nitriles is 1. The molecule has 106 valence electrons. The highest BCUT2D eigenvalue weighted by molar-refractivity contribution is 5.85. The van der Waals surface area contributed by atoms with Crippen LogP contribution in [0.1, 0.15) is 24.5 Å². The van der Waals surface area contributed by atoms with Crippen molar-refractivity contribution in [3.05, 3.63) is 41.2 Å². The van der Waals surface area contributed by atoms with Gasteiger partial charge in [-0.05, 0) is 43.3 Å². The molecule has 4 nitrogen and oxygen atoms in total. The zero-order valence-corrected chi connectivity index (χ0v) is 11.5. The Balaban J connectivity index is 2.86. The number of rotatable bonds is 6. The largest absolute Gasteiger partial charge is 0.478 e. The molecule has 0 fully saturated rings. The van der Waals surface area contributed by atoms with Gasteiger partial charge in [-0.25, -0.2) is 9.18 Å². The van der Waals surface area contributed by atoms with Crippen LogP contribution >= 0.6 is 0 Å². The molecule has 0 radical (unpaired) electrons. The first kappa shape index (κ1) is 15.9. The molecule has 0 amide bonds. The maximum Gasteiger partial charge on any atom is 0.328 e. The molecule has 5 heteroatoms. The number of hydrogen-bond donors (Lipinski definition) is 1. The Kier molecular flexibility index (Phi) is 5.88. The summed E-state index contributed by atoms with van der Waals surface area (Å²) in [5.41, 5.74) is 1.24. The number of nitrogens with zero attached hydrogens (tertiary/aromatic N) is 2. The lowest BCUT2D eigenvalue weighted by atomic mass is 10.1. The van der Waals surface area contributed by atoms with Crippen molar-refractivity contribution < 1.29 is 14.3 Å². The summed E-state index contributed by atoms with van der Waals surface area (Å²) in [5, 5.41) is 17.2. The highest BCUT2D eigenvalue weighted by Gasteiger charge is 2.10. The van der Waals surface area contributed by atoms with Gasteiger partial charge in [0.2, 0.25) is 0 Å². The summed E-state index contributed by atoms with van der Waals surface area (Å²) in [4.78, 5) is 12.4. The fourth-order valence-corrected chi connectivity index (χ4v) is 1.76. The molecule has 0 aliphatic rings. The van der Waals surface area contributed by atoms with Crippen LogP contribution < -0.4 is 0 Å².